The Morgan fingerprint density at radius 1 is 1.28 bits per heavy atom. The Hall–Kier alpha value is -0.860. The van der Waals surface area contributed by atoms with E-state index in [2.05, 4.69) is 49.1 Å². The lowest BCUT2D eigenvalue weighted by molar-refractivity contribution is 0.107. The van der Waals surface area contributed by atoms with Gasteiger partial charge in [-0.15, -0.1) is 0 Å². The number of nitrogens with two attached hydrogens (primary N) is 1. The summed E-state index contributed by atoms with van der Waals surface area (Å²) in [6, 6.07) is 11.5. The van der Waals surface area contributed by atoms with Gasteiger partial charge in [-0.3, -0.25) is 4.90 Å². The van der Waals surface area contributed by atoms with E-state index in [0.717, 1.165) is 18.9 Å². The van der Waals surface area contributed by atoms with Crippen molar-refractivity contribution >= 4 is 0 Å². The lowest BCUT2D eigenvalue weighted by atomic mass is 9.91. The van der Waals surface area contributed by atoms with Gasteiger partial charge >= 0.3 is 0 Å². The van der Waals surface area contributed by atoms with E-state index in [0.29, 0.717) is 6.04 Å². The number of likely N-dealkylation sites (tertiary alicyclic amines) is 1. The fourth-order valence-electron chi connectivity index (χ4n) is 2.96. The topological polar surface area (TPSA) is 29.3 Å². The van der Waals surface area contributed by atoms with Gasteiger partial charge in [0.15, 0.2) is 0 Å². The molecule has 2 N–H and O–H groups in total. The van der Waals surface area contributed by atoms with Crippen molar-refractivity contribution in [3.8, 4) is 0 Å². The van der Waals surface area contributed by atoms with Gasteiger partial charge in [0, 0.05) is 18.6 Å². The molecule has 0 aromatic heterocycles. The maximum atomic E-state index is 6.30. The first kappa shape index (κ1) is 13.6. The summed E-state index contributed by atoms with van der Waals surface area (Å²) in [7, 11) is 0. The van der Waals surface area contributed by atoms with Crippen LogP contribution in [0.4, 0.5) is 0 Å². The van der Waals surface area contributed by atoms with E-state index in [1.807, 2.05) is 0 Å². The molecule has 1 saturated heterocycles. The van der Waals surface area contributed by atoms with Crippen LogP contribution in [0.2, 0.25) is 0 Å². The number of hydrogen-bond donors (Lipinski definition) is 1. The Bertz CT molecular complexity index is 349. The Labute approximate surface area is 111 Å². The van der Waals surface area contributed by atoms with E-state index in [4.69, 9.17) is 5.73 Å². The molecule has 0 radical (unpaired) electrons. The second kappa shape index (κ2) is 6.35. The van der Waals surface area contributed by atoms with Gasteiger partial charge in [-0.05, 0) is 44.2 Å². The van der Waals surface area contributed by atoms with Crippen LogP contribution in [0.15, 0.2) is 30.3 Å². The minimum atomic E-state index is 0.250. The van der Waals surface area contributed by atoms with Gasteiger partial charge in [-0.1, -0.05) is 37.3 Å². The quantitative estimate of drug-likeness (QED) is 0.885. The van der Waals surface area contributed by atoms with Crippen LogP contribution in [-0.2, 0) is 6.42 Å². The maximum Gasteiger partial charge on any atom is 0.0208 e. The van der Waals surface area contributed by atoms with Gasteiger partial charge in [-0.2, -0.15) is 0 Å². The van der Waals surface area contributed by atoms with E-state index in [9.17, 15) is 0 Å². The largest absolute Gasteiger partial charge is 0.326 e. The monoisotopic (exact) mass is 246 g/mol. The first-order chi connectivity index (χ1) is 8.66. The zero-order valence-corrected chi connectivity index (χ0v) is 11.7. The highest BCUT2D eigenvalue weighted by atomic mass is 15.2. The van der Waals surface area contributed by atoms with E-state index in [1.54, 1.807) is 0 Å². The lowest BCUT2D eigenvalue weighted by Gasteiger charge is -2.39. The zero-order chi connectivity index (χ0) is 13.0. The molecule has 1 fully saturated rings. The highest BCUT2D eigenvalue weighted by Crippen LogP contribution is 2.22. The lowest BCUT2D eigenvalue weighted by Crippen LogP contribution is -2.48. The van der Waals surface area contributed by atoms with Crippen LogP contribution in [0.25, 0.3) is 0 Å². The van der Waals surface area contributed by atoms with E-state index in [-0.39, 0.29) is 6.04 Å². The first-order valence-corrected chi connectivity index (χ1v) is 7.20. The van der Waals surface area contributed by atoms with E-state index in [1.165, 1.54) is 24.9 Å². The minimum Gasteiger partial charge on any atom is -0.326 e. The van der Waals surface area contributed by atoms with Crippen molar-refractivity contribution in [2.24, 2.45) is 11.7 Å². The maximum absolute atomic E-state index is 6.30. The minimum absolute atomic E-state index is 0.250. The summed E-state index contributed by atoms with van der Waals surface area (Å²) in [5.74, 6) is 0.808. The van der Waals surface area contributed by atoms with E-state index >= 15 is 0 Å². The third kappa shape index (κ3) is 3.56. The van der Waals surface area contributed by atoms with Crippen LogP contribution in [0, 0.1) is 5.92 Å². The fourth-order valence-corrected chi connectivity index (χ4v) is 2.96. The highest BCUT2D eigenvalue weighted by Gasteiger charge is 2.25. The smallest absolute Gasteiger partial charge is 0.0208 e. The molecule has 3 unspecified atom stereocenters. The number of benzene rings is 1. The molecule has 1 aliphatic heterocycles. The van der Waals surface area contributed by atoms with Crippen molar-refractivity contribution in [1.29, 1.82) is 0 Å². The summed E-state index contributed by atoms with van der Waals surface area (Å²) >= 11 is 0. The molecule has 18 heavy (non-hydrogen) atoms. The molecule has 1 aromatic rings. The molecular weight excluding hydrogens is 220 g/mol. The number of nitrogens with zero attached hydrogens (tertiary/aromatic N) is 1. The van der Waals surface area contributed by atoms with Crippen LogP contribution in [-0.4, -0.2) is 30.1 Å². The summed E-state index contributed by atoms with van der Waals surface area (Å²) in [4.78, 5) is 2.57. The number of hydrogen-bond acceptors (Lipinski definition) is 2. The normalized spacial score (nSPS) is 27.1. The Morgan fingerprint density at radius 3 is 2.72 bits per heavy atom. The van der Waals surface area contributed by atoms with Gasteiger partial charge < -0.3 is 5.73 Å². The van der Waals surface area contributed by atoms with E-state index < -0.39 is 0 Å². The van der Waals surface area contributed by atoms with Crippen molar-refractivity contribution in [2.75, 3.05) is 13.1 Å². The summed E-state index contributed by atoms with van der Waals surface area (Å²) in [5, 5.41) is 0. The molecule has 0 amide bonds. The van der Waals surface area contributed by atoms with Crippen molar-refractivity contribution in [1.82, 2.24) is 4.90 Å². The average molecular weight is 246 g/mol. The molecule has 1 aromatic carbocycles. The van der Waals surface area contributed by atoms with Crippen molar-refractivity contribution in [3.63, 3.8) is 0 Å². The molecule has 100 valence electrons. The highest BCUT2D eigenvalue weighted by molar-refractivity contribution is 5.15. The van der Waals surface area contributed by atoms with Crippen LogP contribution in [0.1, 0.15) is 32.3 Å². The molecule has 0 saturated carbocycles. The molecule has 2 rings (SSSR count). The van der Waals surface area contributed by atoms with Crippen LogP contribution in [0.3, 0.4) is 0 Å². The predicted molar refractivity (Wildman–Crippen MR) is 77.6 cm³/mol. The average Bonchev–Trinajstić information content (AvgIpc) is 2.36. The van der Waals surface area contributed by atoms with Crippen molar-refractivity contribution in [2.45, 2.75) is 45.2 Å². The van der Waals surface area contributed by atoms with Gasteiger partial charge in [0.2, 0.25) is 0 Å². The SMILES string of the molecule is CC1CCCN(CC(N)Cc2ccccc2)C1C. The molecule has 0 spiro atoms. The molecular formula is C16H26N2. The molecule has 3 atom stereocenters. The predicted octanol–water partition coefficient (Wildman–Crippen LogP) is 2.68. The fraction of sp³-hybridized carbons (Fsp3) is 0.625. The van der Waals surface area contributed by atoms with Crippen molar-refractivity contribution in [3.05, 3.63) is 35.9 Å². The van der Waals surface area contributed by atoms with Crippen LogP contribution >= 0.6 is 0 Å². The standard InChI is InChI=1S/C16H26N2/c1-13-7-6-10-18(14(13)2)12-16(17)11-15-8-4-3-5-9-15/h3-5,8-9,13-14,16H,6-7,10-12,17H2,1-2H3. The molecule has 1 aliphatic rings. The summed E-state index contributed by atoms with van der Waals surface area (Å²) < 4.78 is 0. The van der Waals surface area contributed by atoms with Gasteiger partial charge in [0.05, 0.1) is 0 Å². The van der Waals surface area contributed by atoms with Gasteiger partial charge in [-0.25, -0.2) is 0 Å². The third-order valence-corrected chi connectivity index (χ3v) is 4.31. The number of rotatable bonds is 4. The first-order valence-electron chi connectivity index (χ1n) is 7.20. The second-order valence-electron chi connectivity index (χ2n) is 5.80. The van der Waals surface area contributed by atoms with Crippen LogP contribution in [0.5, 0.6) is 0 Å². The summed E-state index contributed by atoms with van der Waals surface area (Å²) in [6.07, 6.45) is 3.67. The molecule has 0 aliphatic carbocycles. The number of piperidine rings is 1. The Kier molecular flexibility index (Phi) is 4.79. The van der Waals surface area contributed by atoms with Gasteiger partial charge in [0.1, 0.15) is 0 Å². The Morgan fingerprint density at radius 2 is 2.00 bits per heavy atom. The third-order valence-electron chi connectivity index (χ3n) is 4.31. The Balaban J connectivity index is 1.85. The van der Waals surface area contributed by atoms with Gasteiger partial charge in [0.25, 0.3) is 0 Å². The molecule has 0 bridgehead atoms. The molecule has 2 nitrogen and oxygen atoms in total. The van der Waals surface area contributed by atoms with Crippen molar-refractivity contribution < 1.29 is 0 Å². The second-order valence-corrected chi connectivity index (χ2v) is 5.80. The van der Waals surface area contributed by atoms with Crippen LogP contribution < -0.4 is 5.73 Å². The summed E-state index contributed by atoms with van der Waals surface area (Å²) in [5.41, 5.74) is 7.65. The molecule has 1 heterocycles. The molecule has 2 heteroatoms. The summed E-state index contributed by atoms with van der Waals surface area (Å²) in [6.45, 7) is 6.95. The zero-order valence-electron chi connectivity index (χ0n) is 11.7.